The second-order valence-electron chi connectivity index (χ2n) is 14.7. The zero-order valence-corrected chi connectivity index (χ0v) is 27.1. The smallest absolute Gasteiger partial charge is 0.308 e. The predicted octanol–water partition coefficient (Wildman–Crippen LogP) is 4.66. The standard InChI is InChI=1S/C32H56N2O6S/c1-7-20(2)30(37)40-23-12-14-31(4)22(18-23)19-27(35)29-25-10-9-24(32(25,5)15-13-26(29)31)21(3)8-11-28(36)33-16-17-34-41(6,38)39/h20-27,29,34-35H,7-19H2,1-6H3,(H,33,36). The Bertz CT molecular complexity index is 1050. The number of aliphatic hydroxyl groups excluding tert-OH is 1. The van der Waals surface area contributed by atoms with Crippen molar-refractivity contribution in [1.82, 2.24) is 10.0 Å². The van der Waals surface area contributed by atoms with Crippen LogP contribution < -0.4 is 10.0 Å². The van der Waals surface area contributed by atoms with Gasteiger partial charge in [0.25, 0.3) is 0 Å². The molecule has 4 aliphatic carbocycles. The van der Waals surface area contributed by atoms with Gasteiger partial charge < -0.3 is 15.2 Å². The van der Waals surface area contributed by atoms with E-state index in [4.69, 9.17) is 4.74 Å². The molecule has 11 atom stereocenters. The highest BCUT2D eigenvalue weighted by molar-refractivity contribution is 7.88. The third-order valence-corrected chi connectivity index (χ3v) is 13.1. The molecule has 3 N–H and O–H groups in total. The van der Waals surface area contributed by atoms with Gasteiger partial charge in [-0.1, -0.05) is 34.6 Å². The molecule has 4 rings (SSSR count). The van der Waals surface area contributed by atoms with E-state index in [0.29, 0.717) is 48.5 Å². The predicted molar refractivity (Wildman–Crippen MR) is 160 cm³/mol. The maximum absolute atomic E-state index is 12.5. The van der Waals surface area contributed by atoms with Crippen molar-refractivity contribution in [2.75, 3.05) is 19.3 Å². The molecule has 0 aliphatic heterocycles. The Hall–Kier alpha value is -1.19. The molecule has 0 saturated heterocycles. The lowest BCUT2D eigenvalue weighted by molar-refractivity contribution is -0.184. The maximum Gasteiger partial charge on any atom is 0.308 e. The quantitative estimate of drug-likeness (QED) is 0.236. The van der Waals surface area contributed by atoms with Crippen molar-refractivity contribution in [1.29, 1.82) is 0 Å². The van der Waals surface area contributed by atoms with Crippen molar-refractivity contribution >= 4 is 21.9 Å². The zero-order chi connectivity index (χ0) is 30.2. The van der Waals surface area contributed by atoms with Crippen LogP contribution in [0.15, 0.2) is 0 Å². The number of hydrogen-bond acceptors (Lipinski definition) is 6. The molecule has 11 unspecified atom stereocenters. The van der Waals surface area contributed by atoms with Gasteiger partial charge in [0, 0.05) is 19.5 Å². The molecule has 4 aliphatic rings. The van der Waals surface area contributed by atoms with Crippen LogP contribution in [0, 0.1) is 52.3 Å². The lowest BCUT2D eigenvalue weighted by atomic mass is 9.43. The SMILES string of the molecule is CCC(C)C(=O)OC1CCC2(C)C(C1)CC(O)C1C2CCC2(C)C(C(C)CCC(=O)NCCNS(C)(=O)=O)CCC12. The van der Waals surface area contributed by atoms with Gasteiger partial charge in [0.15, 0.2) is 0 Å². The van der Waals surface area contributed by atoms with Gasteiger partial charge in [-0.05, 0) is 111 Å². The summed E-state index contributed by atoms with van der Waals surface area (Å²) in [5.41, 5.74) is 0.377. The number of ether oxygens (including phenoxy) is 1. The van der Waals surface area contributed by atoms with E-state index < -0.39 is 10.0 Å². The van der Waals surface area contributed by atoms with Gasteiger partial charge in [-0.2, -0.15) is 0 Å². The van der Waals surface area contributed by atoms with E-state index in [9.17, 15) is 23.1 Å². The van der Waals surface area contributed by atoms with Crippen molar-refractivity contribution < 1.29 is 27.9 Å². The van der Waals surface area contributed by atoms with Crippen LogP contribution in [0.1, 0.15) is 105 Å². The number of rotatable bonds is 11. The zero-order valence-electron chi connectivity index (χ0n) is 26.3. The molecule has 0 aromatic heterocycles. The highest BCUT2D eigenvalue weighted by atomic mass is 32.2. The van der Waals surface area contributed by atoms with Crippen LogP contribution in [-0.2, 0) is 24.3 Å². The van der Waals surface area contributed by atoms with Crippen molar-refractivity contribution in [2.45, 2.75) is 117 Å². The fourth-order valence-corrected chi connectivity index (χ4v) is 10.3. The highest BCUT2D eigenvalue weighted by Crippen LogP contribution is 2.68. The average molecular weight is 597 g/mol. The number of amides is 1. The van der Waals surface area contributed by atoms with Gasteiger partial charge in [-0.15, -0.1) is 0 Å². The minimum absolute atomic E-state index is 0.0166. The number of hydrogen-bond donors (Lipinski definition) is 3. The van der Waals surface area contributed by atoms with E-state index in [-0.39, 0.29) is 47.4 Å². The second kappa shape index (κ2) is 12.8. The number of aliphatic hydroxyl groups is 1. The Kier molecular flexibility index (Phi) is 10.2. The number of carbonyl (C=O) groups excluding carboxylic acids is 2. The van der Waals surface area contributed by atoms with Crippen LogP contribution in [0.4, 0.5) is 0 Å². The molecular formula is C32H56N2O6S. The molecule has 0 bridgehead atoms. The van der Waals surface area contributed by atoms with E-state index in [1.54, 1.807) is 0 Å². The normalized spacial score (nSPS) is 40.0. The summed E-state index contributed by atoms with van der Waals surface area (Å²) in [7, 11) is -3.25. The fourth-order valence-electron chi connectivity index (χ4n) is 9.80. The van der Waals surface area contributed by atoms with E-state index in [1.165, 1.54) is 6.42 Å². The number of fused-ring (bicyclic) bond motifs is 5. The summed E-state index contributed by atoms with van der Waals surface area (Å²) < 4.78 is 30.7. The van der Waals surface area contributed by atoms with Crippen LogP contribution in [0.3, 0.4) is 0 Å². The second-order valence-corrected chi connectivity index (χ2v) is 16.5. The number of nitrogens with one attached hydrogen (secondary N) is 2. The van der Waals surface area contributed by atoms with Crippen LogP contribution in [0.5, 0.6) is 0 Å². The Morgan fingerprint density at radius 1 is 1.00 bits per heavy atom. The van der Waals surface area contributed by atoms with Crippen molar-refractivity contribution in [2.24, 2.45) is 52.3 Å². The molecule has 4 saturated carbocycles. The first-order valence-corrected chi connectivity index (χ1v) is 18.2. The summed E-state index contributed by atoms with van der Waals surface area (Å²) in [6.07, 6.45) is 11.2. The molecule has 0 aromatic carbocycles. The van der Waals surface area contributed by atoms with Crippen molar-refractivity contribution in [3.05, 3.63) is 0 Å². The Morgan fingerprint density at radius 2 is 1.68 bits per heavy atom. The first-order valence-electron chi connectivity index (χ1n) is 16.3. The van der Waals surface area contributed by atoms with E-state index >= 15 is 0 Å². The third-order valence-electron chi connectivity index (χ3n) is 12.3. The topological polar surface area (TPSA) is 122 Å². The van der Waals surface area contributed by atoms with Gasteiger partial charge in [0.1, 0.15) is 6.10 Å². The van der Waals surface area contributed by atoms with Crippen LogP contribution in [0.2, 0.25) is 0 Å². The number of esters is 1. The van der Waals surface area contributed by atoms with E-state index in [2.05, 4.69) is 30.8 Å². The first-order chi connectivity index (χ1) is 19.2. The lowest BCUT2D eigenvalue weighted by Crippen LogP contribution is -2.58. The van der Waals surface area contributed by atoms with Crippen LogP contribution >= 0.6 is 0 Å². The molecular weight excluding hydrogens is 540 g/mol. The molecule has 236 valence electrons. The molecule has 41 heavy (non-hydrogen) atoms. The van der Waals surface area contributed by atoms with Crippen LogP contribution in [-0.4, -0.2) is 57.0 Å². The molecule has 4 fully saturated rings. The van der Waals surface area contributed by atoms with Gasteiger partial charge in [0.05, 0.1) is 18.3 Å². The molecule has 0 radical (unpaired) electrons. The summed E-state index contributed by atoms with van der Waals surface area (Å²) in [4.78, 5) is 24.9. The summed E-state index contributed by atoms with van der Waals surface area (Å²) in [6.45, 7) is 11.7. The molecule has 8 nitrogen and oxygen atoms in total. The van der Waals surface area contributed by atoms with Gasteiger partial charge in [0.2, 0.25) is 15.9 Å². The average Bonchev–Trinajstić information content (AvgIpc) is 3.26. The third kappa shape index (κ3) is 6.98. The molecule has 0 aromatic rings. The first kappa shape index (κ1) is 32.7. The summed E-state index contributed by atoms with van der Waals surface area (Å²) in [6, 6.07) is 0. The minimum atomic E-state index is -3.25. The van der Waals surface area contributed by atoms with Gasteiger partial charge >= 0.3 is 5.97 Å². The Balaban J connectivity index is 1.34. The molecule has 0 heterocycles. The highest BCUT2D eigenvalue weighted by Gasteiger charge is 2.63. The summed E-state index contributed by atoms with van der Waals surface area (Å²) in [5.74, 6) is 2.56. The van der Waals surface area contributed by atoms with Gasteiger partial charge in [-0.3, -0.25) is 9.59 Å². The molecule has 1 amide bonds. The largest absolute Gasteiger partial charge is 0.462 e. The lowest BCUT2D eigenvalue weighted by Gasteiger charge is -2.62. The monoisotopic (exact) mass is 596 g/mol. The van der Waals surface area contributed by atoms with Crippen molar-refractivity contribution in [3.63, 3.8) is 0 Å². The molecule has 9 heteroatoms. The summed E-state index contributed by atoms with van der Waals surface area (Å²) in [5, 5.41) is 14.5. The van der Waals surface area contributed by atoms with Crippen LogP contribution in [0.25, 0.3) is 0 Å². The molecule has 0 spiro atoms. The van der Waals surface area contributed by atoms with E-state index in [0.717, 1.165) is 64.0 Å². The van der Waals surface area contributed by atoms with E-state index in [1.807, 2.05) is 13.8 Å². The van der Waals surface area contributed by atoms with Gasteiger partial charge in [-0.25, -0.2) is 13.1 Å². The number of sulfonamides is 1. The summed E-state index contributed by atoms with van der Waals surface area (Å²) >= 11 is 0. The maximum atomic E-state index is 12.5. The Labute approximate surface area is 248 Å². The fraction of sp³-hybridized carbons (Fsp3) is 0.938. The Morgan fingerprint density at radius 3 is 2.37 bits per heavy atom. The van der Waals surface area contributed by atoms with Crippen molar-refractivity contribution in [3.8, 4) is 0 Å². The minimum Gasteiger partial charge on any atom is -0.462 e. The number of carbonyl (C=O) groups is 2.